The Bertz CT molecular complexity index is 896. The molecule has 0 spiro atoms. The van der Waals surface area contributed by atoms with Gasteiger partial charge < -0.3 is 14.7 Å². The molecule has 6 heteroatoms. The quantitative estimate of drug-likeness (QED) is 0.606. The van der Waals surface area contributed by atoms with Crippen molar-refractivity contribution in [3.63, 3.8) is 0 Å². The normalized spacial score (nSPS) is 18.1. The first-order valence-corrected chi connectivity index (χ1v) is 10.3. The van der Waals surface area contributed by atoms with Gasteiger partial charge in [0.2, 0.25) is 0 Å². The molecule has 3 rings (SSSR count). The highest BCUT2D eigenvalue weighted by Gasteiger charge is 2.51. The van der Waals surface area contributed by atoms with Crippen LogP contribution in [0.1, 0.15) is 50.7 Å². The van der Waals surface area contributed by atoms with Crippen molar-refractivity contribution < 1.29 is 19.4 Å². The van der Waals surface area contributed by atoms with Gasteiger partial charge >= 0.3 is 0 Å². The van der Waals surface area contributed by atoms with Crippen molar-refractivity contribution in [3.8, 4) is 5.75 Å². The molecule has 0 fully saturated rings. The fraction of sp³-hybridized carbons (Fsp3) is 0.391. The second-order valence-electron chi connectivity index (χ2n) is 7.47. The number of unbranched alkanes of at least 4 members (excludes halogenated alkanes) is 2. The zero-order valence-electron chi connectivity index (χ0n) is 16.8. The van der Waals surface area contributed by atoms with Gasteiger partial charge in [0.05, 0.1) is 23.9 Å². The first-order chi connectivity index (χ1) is 13.9. The molecule has 2 aromatic rings. The summed E-state index contributed by atoms with van der Waals surface area (Å²) in [6.07, 6.45) is 3.02. The van der Waals surface area contributed by atoms with Crippen LogP contribution in [0.15, 0.2) is 42.5 Å². The molecule has 0 saturated heterocycles. The number of anilines is 1. The van der Waals surface area contributed by atoms with Crippen molar-refractivity contribution in [2.45, 2.75) is 51.7 Å². The van der Waals surface area contributed by atoms with Crippen LogP contribution in [0, 0.1) is 0 Å². The molecule has 154 valence electrons. The van der Waals surface area contributed by atoms with Crippen molar-refractivity contribution in [2.75, 3.05) is 11.5 Å². The van der Waals surface area contributed by atoms with Crippen molar-refractivity contribution >= 4 is 29.0 Å². The van der Waals surface area contributed by atoms with Crippen LogP contribution in [0.3, 0.4) is 0 Å². The Morgan fingerprint density at radius 2 is 1.90 bits per heavy atom. The van der Waals surface area contributed by atoms with E-state index in [0.717, 1.165) is 30.6 Å². The van der Waals surface area contributed by atoms with Gasteiger partial charge in [0, 0.05) is 12.0 Å². The van der Waals surface area contributed by atoms with E-state index in [9.17, 15) is 14.7 Å². The maximum atomic E-state index is 13.1. The molecule has 1 N–H and O–H groups in total. The fourth-order valence-corrected chi connectivity index (χ4v) is 3.94. The number of aliphatic hydroxyl groups is 1. The van der Waals surface area contributed by atoms with E-state index in [1.165, 1.54) is 11.8 Å². The number of ketones is 1. The van der Waals surface area contributed by atoms with Crippen LogP contribution in [0.4, 0.5) is 5.69 Å². The van der Waals surface area contributed by atoms with Gasteiger partial charge in [0.1, 0.15) is 11.5 Å². The number of ether oxygens (including phenoxy) is 1. The number of amides is 1. The van der Waals surface area contributed by atoms with Gasteiger partial charge in [-0.25, -0.2) is 0 Å². The van der Waals surface area contributed by atoms with E-state index in [2.05, 4.69) is 6.92 Å². The second-order valence-corrected chi connectivity index (χ2v) is 7.87. The molecule has 2 aromatic carbocycles. The van der Waals surface area contributed by atoms with Crippen molar-refractivity contribution in [3.05, 3.63) is 58.6 Å². The molecule has 0 saturated carbocycles. The number of para-hydroxylation sites is 1. The van der Waals surface area contributed by atoms with Crippen LogP contribution >= 0.6 is 11.6 Å². The SMILES string of the molecule is CCCCCOc1ccc(CN2C(=O)C(O)(CC(C)=O)c3cccc(Cl)c32)cc1. The highest BCUT2D eigenvalue weighted by molar-refractivity contribution is 6.35. The monoisotopic (exact) mass is 415 g/mol. The molecule has 5 nitrogen and oxygen atoms in total. The molecule has 0 bridgehead atoms. The van der Waals surface area contributed by atoms with E-state index in [4.69, 9.17) is 16.3 Å². The number of hydrogen-bond donors (Lipinski definition) is 1. The Hall–Kier alpha value is -2.37. The number of rotatable bonds is 9. The lowest BCUT2D eigenvalue weighted by molar-refractivity contribution is -0.141. The minimum absolute atomic E-state index is 0.242. The number of nitrogens with zero attached hydrogens (tertiary/aromatic N) is 1. The lowest BCUT2D eigenvalue weighted by Gasteiger charge is -2.22. The van der Waals surface area contributed by atoms with Gasteiger partial charge in [0.15, 0.2) is 5.60 Å². The molecule has 1 aliphatic heterocycles. The zero-order chi connectivity index (χ0) is 21.0. The molecular formula is C23H26ClNO4. The Kier molecular flexibility index (Phi) is 6.60. The number of carbonyl (C=O) groups excluding carboxylic acids is 2. The highest BCUT2D eigenvalue weighted by atomic mass is 35.5. The lowest BCUT2D eigenvalue weighted by Crippen LogP contribution is -2.41. The molecule has 1 unspecified atom stereocenters. The Labute approximate surface area is 176 Å². The van der Waals surface area contributed by atoms with Gasteiger partial charge in [-0.3, -0.25) is 9.59 Å². The van der Waals surface area contributed by atoms with E-state index < -0.39 is 11.5 Å². The summed E-state index contributed by atoms with van der Waals surface area (Å²) in [5.74, 6) is -0.0157. The topological polar surface area (TPSA) is 66.8 Å². The van der Waals surface area contributed by atoms with E-state index in [1.807, 2.05) is 24.3 Å². The van der Waals surface area contributed by atoms with Crippen molar-refractivity contribution in [1.82, 2.24) is 0 Å². The van der Waals surface area contributed by atoms with Crippen LogP contribution in [0.2, 0.25) is 5.02 Å². The van der Waals surface area contributed by atoms with Gasteiger partial charge in [-0.2, -0.15) is 0 Å². The number of carbonyl (C=O) groups is 2. The Morgan fingerprint density at radius 3 is 2.55 bits per heavy atom. The third-order valence-corrected chi connectivity index (χ3v) is 5.39. The van der Waals surface area contributed by atoms with Gasteiger partial charge in [-0.05, 0) is 37.1 Å². The van der Waals surface area contributed by atoms with Gasteiger partial charge in [0.25, 0.3) is 5.91 Å². The maximum absolute atomic E-state index is 13.1. The summed E-state index contributed by atoms with van der Waals surface area (Å²) in [6, 6.07) is 12.5. The van der Waals surface area contributed by atoms with Crippen molar-refractivity contribution in [2.24, 2.45) is 0 Å². The van der Waals surface area contributed by atoms with Gasteiger partial charge in [-0.1, -0.05) is 55.6 Å². The van der Waals surface area contributed by atoms with E-state index in [-0.39, 0.29) is 18.7 Å². The zero-order valence-corrected chi connectivity index (χ0v) is 17.5. The largest absolute Gasteiger partial charge is 0.494 e. The maximum Gasteiger partial charge on any atom is 0.264 e. The predicted molar refractivity (Wildman–Crippen MR) is 113 cm³/mol. The summed E-state index contributed by atoms with van der Waals surface area (Å²) in [7, 11) is 0. The molecule has 29 heavy (non-hydrogen) atoms. The number of benzene rings is 2. The third kappa shape index (κ3) is 4.46. The van der Waals surface area contributed by atoms with E-state index in [1.54, 1.807) is 18.2 Å². The fourth-order valence-electron chi connectivity index (χ4n) is 3.66. The summed E-state index contributed by atoms with van der Waals surface area (Å²) in [6.45, 7) is 4.43. The number of Topliss-reactive ketones (excluding diaryl/α,β-unsaturated/α-hetero) is 1. The highest BCUT2D eigenvalue weighted by Crippen LogP contribution is 2.46. The molecule has 0 aliphatic carbocycles. The van der Waals surface area contributed by atoms with Crippen LogP contribution < -0.4 is 9.64 Å². The van der Waals surface area contributed by atoms with Crippen LogP contribution in [0.25, 0.3) is 0 Å². The summed E-state index contributed by atoms with van der Waals surface area (Å²) in [5.41, 5.74) is -0.171. The number of halogens is 1. The number of fused-ring (bicyclic) bond motifs is 1. The third-order valence-electron chi connectivity index (χ3n) is 5.09. The second kappa shape index (κ2) is 8.97. The molecule has 1 aliphatic rings. The molecule has 1 amide bonds. The molecule has 0 aromatic heterocycles. The average Bonchev–Trinajstić information content (AvgIpc) is 2.89. The van der Waals surface area contributed by atoms with E-state index in [0.29, 0.717) is 22.9 Å². The summed E-state index contributed by atoms with van der Waals surface area (Å²) in [5, 5.41) is 11.4. The first-order valence-electron chi connectivity index (χ1n) is 9.91. The summed E-state index contributed by atoms with van der Waals surface area (Å²) in [4.78, 5) is 26.2. The standard InChI is InChI=1S/C23H26ClNO4/c1-3-4-5-13-29-18-11-9-17(10-12-18)15-25-21-19(7-6-8-20(21)24)23(28,22(25)27)14-16(2)26/h6-12,28H,3-5,13-15H2,1-2H3. The van der Waals surface area contributed by atoms with Crippen LogP contribution in [-0.2, 0) is 21.7 Å². The average molecular weight is 416 g/mol. The van der Waals surface area contributed by atoms with Crippen LogP contribution in [0.5, 0.6) is 5.75 Å². The first kappa shape index (κ1) is 21.3. The lowest BCUT2D eigenvalue weighted by atomic mass is 9.90. The molecular weight excluding hydrogens is 390 g/mol. The summed E-state index contributed by atoms with van der Waals surface area (Å²) >= 11 is 6.36. The molecule has 1 heterocycles. The Morgan fingerprint density at radius 1 is 1.17 bits per heavy atom. The van der Waals surface area contributed by atoms with Crippen LogP contribution in [-0.4, -0.2) is 23.4 Å². The number of hydrogen-bond acceptors (Lipinski definition) is 4. The molecule has 0 radical (unpaired) electrons. The minimum Gasteiger partial charge on any atom is -0.494 e. The smallest absolute Gasteiger partial charge is 0.264 e. The predicted octanol–water partition coefficient (Wildman–Crippen LogP) is 4.62. The van der Waals surface area contributed by atoms with Gasteiger partial charge in [-0.15, -0.1) is 0 Å². The van der Waals surface area contributed by atoms with Crippen molar-refractivity contribution in [1.29, 1.82) is 0 Å². The summed E-state index contributed by atoms with van der Waals surface area (Å²) < 4.78 is 5.73. The molecule has 1 atom stereocenters. The minimum atomic E-state index is -1.88. The van der Waals surface area contributed by atoms with E-state index >= 15 is 0 Å². The Balaban J connectivity index is 1.81.